The van der Waals surface area contributed by atoms with Crippen LogP contribution in [0.15, 0.2) is 36.4 Å². The number of carbonyl (C=O) groups excluding carboxylic acids is 1. The standard InChI is InChI=1S/C22H20Cl2FN3O4/c23-12-6-7-14-16(8-12)26-21(30)22(14)18(13-2-1-3-15(24)19(13)25)20(28(31)32)17(10-29)27(22)9-11-4-5-11/h1-3,6-8,11,17-18,20,29H,4-5,9-10H2,(H,26,30)/t17-,18-,20+,22+/m1/s1. The summed E-state index contributed by atoms with van der Waals surface area (Å²) in [6.07, 6.45) is 1.86. The second-order valence-electron chi connectivity index (χ2n) is 8.65. The summed E-state index contributed by atoms with van der Waals surface area (Å²) in [6, 6.07) is 6.73. The molecular formula is C22H20Cl2FN3O4. The molecule has 1 saturated carbocycles. The van der Waals surface area contributed by atoms with Crippen LogP contribution >= 0.6 is 23.2 Å². The van der Waals surface area contributed by atoms with Crippen LogP contribution in [0, 0.1) is 21.8 Å². The highest BCUT2D eigenvalue weighted by Gasteiger charge is 2.71. The van der Waals surface area contributed by atoms with Gasteiger partial charge in [0.25, 0.3) is 5.91 Å². The molecule has 5 rings (SSSR count). The van der Waals surface area contributed by atoms with Gasteiger partial charge in [-0.3, -0.25) is 19.8 Å². The number of aliphatic hydroxyl groups excluding tert-OH is 1. The molecule has 0 aromatic heterocycles. The zero-order valence-corrected chi connectivity index (χ0v) is 18.3. The molecule has 2 heterocycles. The Morgan fingerprint density at radius 2 is 2.03 bits per heavy atom. The minimum absolute atomic E-state index is 0.0195. The number of anilines is 1. The monoisotopic (exact) mass is 479 g/mol. The summed E-state index contributed by atoms with van der Waals surface area (Å²) < 4.78 is 15.3. The van der Waals surface area contributed by atoms with Crippen molar-refractivity contribution in [1.82, 2.24) is 4.90 Å². The summed E-state index contributed by atoms with van der Waals surface area (Å²) >= 11 is 12.2. The van der Waals surface area contributed by atoms with Crippen molar-refractivity contribution >= 4 is 34.8 Å². The van der Waals surface area contributed by atoms with Crippen molar-refractivity contribution in [3.05, 3.63) is 73.5 Å². The van der Waals surface area contributed by atoms with Gasteiger partial charge in [0.1, 0.15) is 17.4 Å². The van der Waals surface area contributed by atoms with Gasteiger partial charge in [-0.25, -0.2) is 4.39 Å². The zero-order valence-electron chi connectivity index (χ0n) is 16.8. The number of halogens is 3. The quantitative estimate of drug-likeness (QED) is 0.502. The number of benzene rings is 2. The molecule has 2 aromatic rings. The van der Waals surface area contributed by atoms with Gasteiger partial charge in [0.15, 0.2) is 0 Å². The van der Waals surface area contributed by atoms with Crippen LogP contribution < -0.4 is 5.32 Å². The molecule has 7 nitrogen and oxygen atoms in total. The highest BCUT2D eigenvalue weighted by Crippen LogP contribution is 2.59. The Bertz CT molecular complexity index is 1130. The van der Waals surface area contributed by atoms with Crippen molar-refractivity contribution in [2.45, 2.75) is 36.4 Å². The smallest absolute Gasteiger partial charge is 0.250 e. The molecule has 168 valence electrons. The number of likely N-dealkylation sites (tertiary alicyclic amines) is 1. The second kappa shape index (κ2) is 7.66. The summed E-state index contributed by atoms with van der Waals surface area (Å²) in [5.74, 6) is -2.26. The molecular weight excluding hydrogens is 460 g/mol. The van der Waals surface area contributed by atoms with Crippen molar-refractivity contribution in [2.75, 3.05) is 18.5 Å². The fourth-order valence-corrected chi connectivity index (χ4v) is 5.83. The van der Waals surface area contributed by atoms with Gasteiger partial charge in [0.05, 0.1) is 17.5 Å². The molecule has 10 heteroatoms. The largest absolute Gasteiger partial charge is 0.394 e. The van der Waals surface area contributed by atoms with E-state index in [1.165, 1.54) is 18.2 Å². The molecule has 1 spiro atoms. The van der Waals surface area contributed by atoms with E-state index in [0.29, 0.717) is 22.8 Å². The Morgan fingerprint density at radius 1 is 1.28 bits per heavy atom. The molecule has 32 heavy (non-hydrogen) atoms. The molecule has 0 unspecified atom stereocenters. The predicted molar refractivity (Wildman–Crippen MR) is 117 cm³/mol. The third kappa shape index (κ3) is 2.97. The normalized spacial score (nSPS) is 29.4. The predicted octanol–water partition coefficient (Wildman–Crippen LogP) is 3.80. The first-order valence-electron chi connectivity index (χ1n) is 10.4. The number of nitrogens with zero attached hydrogens (tertiary/aromatic N) is 2. The van der Waals surface area contributed by atoms with Gasteiger partial charge in [0.2, 0.25) is 6.04 Å². The van der Waals surface area contributed by atoms with E-state index in [0.717, 1.165) is 12.8 Å². The fraction of sp³-hybridized carbons (Fsp3) is 0.409. The number of hydrogen-bond donors (Lipinski definition) is 2. The molecule has 1 saturated heterocycles. The Kier molecular flexibility index (Phi) is 5.16. The Balaban J connectivity index is 1.83. The van der Waals surface area contributed by atoms with Crippen molar-refractivity contribution in [2.24, 2.45) is 5.92 Å². The molecule has 2 aromatic carbocycles. The van der Waals surface area contributed by atoms with Gasteiger partial charge in [-0.05, 0) is 37.0 Å². The maximum atomic E-state index is 15.3. The van der Waals surface area contributed by atoms with Gasteiger partial charge >= 0.3 is 0 Å². The summed E-state index contributed by atoms with van der Waals surface area (Å²) in [5, 5.41) is 25.7. The van der Waals surface area contributed by atoms with Crippen molar-refractivity contribution in [1.29, 1.82) is 0 Å². The number of nitrogens with one attached hydrogen (secondary N) is 1. The highest BCUT2D eigenvalue weighted by atomic mass is 35.5. The third-order valence-electron chi connectivity index (χ3n) is 6.92. The number of nitro groups is 1. The van der Waals surface area contributed by atoms with Crippen LogP contribution in [0.2, 0.25) is 10.0 Å². The lowest BCUT2D eigenvalue weighted by atomic mass is 9.73. The topological polar surface area (TPSA) is 95.7 Å². The minimum Gasteiger partial charge on any atom is -0.394 e. The lowest BCUT2D eigenvalue weighted by molar-refractivity contribution is -0.528. The number of carbonyl (C=O) groups is 1. The minimum atomic E-state index is -1.58. The average molecular weight is 480 g/mol. The molecule has 1 aliphatic carbocycles. The van der Waals surface area contributed by atoms with Crippen LogP contribution in [0.4, 0.5) is 10.1 Å². The molecule has 0 bridgehead atoms. The van der Waals surface area contributed by atoms with Crippen LogP contribution in [0.1, 0.15) is 29.9 Å². The summed E-state index contributed by atoms with van der Waals surface area (Å²) in [6.45, 7) is -0.168. The molecule has 1 amide bonds. The van der Waals surface area contributed by atoms with E-state index in [1.54, 1.807) is 23.1 Å². The maximum absolute atomic E-state index is 15.3. The fourth-order valence-electron chi connectivity index (χ4n) is 5.48. The Morgan fingerprint density at radius 3 is 2.69 bits per heavy atom. The van der Waals surface area contributed by atoms with E-state index in [-0.39, 0.29) is 16.5 Å². The SMILES string of the molecule is O=C1Nc2cc(Cl)ccc2[C@]12[C@H](c1cccc(Cl)c1F)[C@@H]([N+](=O)[O-])[C@@H](CO)N2CC1CC1. The van der Waals surface area contributed by atoms with E-state index >= 15 is 4.39 Å². The lowest BCUT2D eigenvalue weighted by Crippen LogP contribution is -2.53. The molecule has 2 aliphatic heterocycles. The first kappa shape index (κ1) is 21.6. The molecule has 2 N–H and O–H groups in total. The number of fused-ring (bicyclic) bond motifs is 2. The highest BCUT2D eigenvalue weighted by molar-refractivity contribution is 6.31. The average Bonchev–Trinajstić information content (AvgIpc) is 3.45. The summed E-state index contributed by atoms with van der Waals surface area (Å²) in [5.41, 5.74) is -0.691. The number of rotatable bonds is 5. The van der Waals surface area contributed by atoms with E-state index in [1.807, 2.05) is 0 Å². The van der Waals surface area contributed by atoms with Crippen molar-refractivity contribution in [3.8, 4) is 0 Å². The first-order valence-corrected chi connectivity index (χ1v) is 11.1. The van der Waals surface area contributed by atoms with E-state index in [2.05, 4.69) is 5.32 Å². The Hall–Kier alpha value is -2.26. The van der Waals surface area contributed by atoms with Crippen molar-refractivity contribution < 1.29 is 19.2 Å². The summed E-state index contributed by atoms with van der Waals surface area (Å²) in [7, 11) is 0. The van der Waals surface area contributed by atoms with Crippen LogP contribution in [0.5, 0.6) is 0 Å². The maximum Gasteiger partial charge on any atom is 0.250 e. The number of hydrogen-bond acceptors (Lipinski definition) is 5. The van der Waals surface area contributed by atoms with Crippen LogP contribution in [-0.4, -0.2) is 46.1 Å². The third-order valence-corrected chi connectivity index (χ3v) is 7.45. The Labute approximate surface area is 193 Å². The van der Waals surface area contributed by atoms with Gasteiger partial charge in [0, 0.05) is 33.3 Å². The molecule has 2 fully saturated rings. The van der Waals surface area contributed by atoms with E-state index < -0.39 is 46.8 Å². The summed E-state index contributed by atoms with van der Waals surface area (Å²) in [4.78, 5) is 27.3. The zero-order chi connectivity index (χ0) is 22.8. The lowest BCUT2D eigenvalue weighted by Gasteiger charge is -2.38. The van der Waals surface area contributed by atoms with Gasteiger partial charge < -0.3 is 10.4 Å². The number of amides is 1. The van der Waals surface area contributed by atoms with Gasteiger partial charge in [-0.15, -0.1) is 0 Å². The van der Waals surface area contributed by atoms with Gasteiger partial charge in [-0.2, -0.15) is 0 Å². The molecule has 0 radical (unpaired) electrons. The van der Waals surface area contributed by atoms with E-state index in [4.69, 9.17) is 23.2 Å². The second-order valence-corrected chi connectivity index (χ2v) is 9.50. The van der Waals surface area contributed by atoms with Crippen LogP contribution in [0.3, 0.4) is 0 Å². The van der Waals surface area contributed by atoms with E-state index in [9.17, 15) is 20.0 Å². The first-order chi connectivity index (χ1) is 15.3. The number of aliphatic hydroxyl groups is 1. The van der Waals surface area contributed by atoms with Crippen LogP contribution in [-0.2, 0) is 10.3 Å². The van der Waals surface area contributed by atoms with Gasteiger partial charge in [-0.1, -0.05) is 41.4 Å². The van der Waals surface area contributed by atoms with Crippen molar-refractivity contribution in [3.63, 3.8) is 0 Å². The molecule has 3 aliphatic rings. The van der Waals surface area contributed by atoms with Crippen LogP contribution in [0.25, 0.3) is 0 Å². The molecule has 4 atom stereocenters.